The predicted molar refractivity (Wildman–Crippen MR) is 81.8 cm³/mol. The SMILES string of the molecule is CS(=O)(=O)c1cccc(NC(=O)c2ccccc2CN)c1. The molecule has 0 unspecified atom stereocenters. The van der Waals surface area contributed by atoms with Gasteiger partial charge in [0.1, 0.15) is 0 Å². The topological polar surface area (TPSA) is 89.3 Å². The third-order valence-electron chi connectivity index (χ3n) is 3.00. The van der Waals surface area contributed by atoms with Crippen molar-refractivity contribution in [3.05, 3.63) is 59.7 Å². The molecule has 110 valence electrons. The molecule has 0 radical (unpaired) electrons. The van der Waals surface area contributed by atoms with E-state index in [4.69, 9.17) is 5.73 Å². The summed E-state index contributed by atoms with van der Waals surface area (Å²) >= 11 is 0. The normalized spacial score (nSPS) is 11.1. The lowest BCUT2D eigenvalue weighted by molar-refractivity contribution is 0.102. The van der Waals surface area contributed by atoms with Crippen LogP contribution in [0.4, 0.5) is 5.69 Å². The van der Waals surface area contributed by atoms with Crippen molar-refractivity contribution in [1.29, 1.82) is 0 Å². The third-order valence-corrected chi connectivity index (χ3v) is 4.11. The van der Waals surface area contributed by atoms with E-state index in [1.54, 1.807) is 30.3 Å². The maximum Gasteiger partial charge on any atom is 0.255 e. The molecular formula is C15H16N2O3S. The Bertz CT molecular complexity index is 770. The highest BCUT2D eigenvalue weighted by Crippen LogP contribution is 2.17. The number of amides is 1. The zero-order chi connectivity index (χ0) is 15.5. The van der Waals surface area contributed by atoms with Gasteiger partial charge in [-0.3, -0.25) is 4.79 Å². The Labute approximate surface area is 123 Å². The first kappa shape index (κ1) is 15.2. The average Bonchev–Trinajstić information content (AvgIpc) is 2.46. The van der Waals surface area contributed by atoms with Gasteiger partial charge in [-0.2, -0.15) is 0 Å². The van der Waals surface area contributed by atoms with E-state index in [1.165, 1.54) is 12.1 Å². The second-order valence-corrected chi connectivity index (χ2v) is 6.63. The van der Waals surface area contributed by atoms with Gasteiger partial charge in [-0.25, -0.2) is 8.42 Å². The van der Waals surface area contributed by atoms with Crippen LogP contribution in [0.1, 0.15) is 15.9 Å². The Morgan fingerprint density at radius 1 is 1.14 bits per heavy atom. The maximum absolute atomic E-state index is 12.2. The molecule has 6 heteroatoms. The molecule has 0 heterocycles. The summed E-state index contributed by atoms with van der Waals surface area (Å²) in [5.74, 6) is -0.318. The summed E-state index contributed by atoms with van der Waals surface area (Å²) in [6.45, 7) is 0.257. The van der Waals surface area contributed by atoms with E-state index < -0.39 is 9.84 Å². The van der Waals surface area contributed by atoms with E-state index in [2.05, 4.69) is 5.32 Å². The fourth-order valence-corrected chi connectivity index (χ4v) is 2.59. The van der Waals surface area contributed by atoms with Gasteiger partial charge in [0.2, 0.25) is 0 Å². The highest BCUT2D eigenvalue weighted by Gasteiger charge is 2.12. The molecule has 0 aliphatic carbocycles. The number of carbonyl (C=O) groups is 1. The highest BCUT2D eigenvalue weighted by atomic mass is 32.2. The molecule has 0 saturated carbocycles. The van der Waals surface area contributed by atoms with Crippen molar-refractivity contribution in [2.45, 2.75) is 11.4 Å². The van der Waals surface area contributed by atoms with Crippen LogP contribution in [-0.2, 0) is 16.4 Å². The zero-order valence-electron chi connectivity index (χ0n) is 11.5. The van der Waals surface area contributed by atoms with Gasteiger partial charge in [-0.15, -0.1) is 0 Å². The minimum Gasteiger partial charge on any atom is -0.326 e. The molecule has 2 aromatic rings. The lowest BCUT2D eigenvalue weighted by Crippen LogP contribution is -2.15. The van der Waals surface area contributed by atoms with Crippen molar-refractivity contribution < 1.29 is 13.2 Å². The number of nitrogens with two attached hydrogens (primary N) is 1. The summed E-state index contributed by atoms with van der Waals surface area (Å²) in [5.41, 5.74) is 7.24. The molecule has 0 fully saturated rings. The number of nitrogens with one attached hydrogen (secondary N) is 1. The molecular weight excluding hydrogens is 288 g/mol. The number of rotatable bonds is 4. The van der Waals surface area contributed by atoms with Gasteiger partial charge in [-0.05, 0) is 29.8 Å². The van der Waals surface area contributed by atoms with Crippen LogP contribution in [0.15, 0.2) is 53.4 Å². The van der Waals surface area contributed by atoms with E-state index in [9.17, 15) is 13.2 Å². The highest BCUT2D eigenvalue weighted by molar-refractivity contribution is 7.90. The Hall–Kier alpha value is -2.18. The largest absolute Gasteiger partial charge is 0.326 e. The molecule has 0 atom stereocenters. The summed E-state index contributed by atoms with van der Waals surface area (Å²) < 4.78 is 23.0. The van der Waals surface area contributed by atoms with Gasteiger partial charge in [0, 0.05) is 24.1 Å². The van der Waals surface area contributed by atoms with Crippen LogP contribution in [0.5, 0.6) is 0 Å². The zero-order valence-corrected chi connectivity index (χ0v) is 12.4. The summed E-state index contributed by atoms with van der Waals surface area (Å²) in [4.78, 5) is 12.4. The number of anilines is 1. The minimum atomic E-state index is -3.31. The van der Waals surface area contributed by atoms with Gasteiger partial charge in [-0.1, -0.05) is 24.3 Å². The summed E-state index contributed by atoms with van der Waals surface area (Å²) in [5, 5.41) is 2.69. The van der Waals surface area contributed by atoms with Crippen molar-refractivity contribution in [2.75, 3.05) is 11.6 Å². The van der Waals surface area contributed by atoms with Crippen molar-refractivity contribution in [2.24, 2.45) is 5.73 Å². The summed E-state index contributed by atoms with van der Waals surface area (Å²) in [6, 6.07) is 13.2. The maximum atomic E-state index is 12.2. The van der Waals surface area contributed by atoms with E-state index >= 15 is 0 Å². The Morgan fingerprint density at radius 3 is 2.52 bits per heavy atom. The molecule has 21 heavy (non-hydrogen) atoms. The molecule has 2 aromatic carbocycles. The van der Waals surface area contributed by atoms with Gasteiger partial charge in [0.05, 0.1) is 4.90 Å². The molecule has 2 rings (SSSR count). The van der Waals surface area contributed by atoms with E-state index in [1.807, 2.05) is 6.07 Å². The number of benzene rings is 2. The van der Waals surface area contributed by atoms with Crippen LogP contribution in [0.25, 0.3) is 0 Å². The minimum absolute atomic E-state index is 0.160. The molecule has 0 aliphatic heterocycles. The van der Waals surface area contributed by atoms with Crippen LogP contribution in [-0.4, -0.2) is 20.6 Å². The third kappa shape index (κ3) is 3.68. The van der Waals surface area contributed by atoms with Crippen LogP contribution in [0.3, 0.4) is 0 Å². The van der Waals surface area contributed by atoms with Crippen LogP contribution in [0, 0.1) is 0 Å². The lowest BCUT2D eigenvalue weighted by atomic mass is 10.1. The molecule has 5 nitrogen and oxygen atoms in total. The molecule has 0 aromatic heterocycles. The van der Waals surface area contributed by atoms with E-state index in [-0.39, 0.29) is 17.3 Å². The molecule has 0 bridgehead atoms. The molecule has 3 N–H and O–H groups in total. The number of hydrogen-bond acceptors (Lipinski definition) is 4. The van der Waals surface area contributed by atoms with Crippen LogP contribution >= 0.6 is 0 Å². The fourth-order valence-electron chi connectivity index (χ4n) is 1.92. The molecule has 0 saturated heterocycles. The second-order valence-electron chi connectivity index (χ2n) is 4.62. The van der Waals surface area contributed by atoms with Gasteiger partial charge in [0.15, 0.2) is 9.84 Å². The Kier molecular flexibility index (Phi) is 4.40. The summed E-state index contributed by atoms with van der Waals surface area (Å²) in [6.07, 6.45) is 1.12. The van der Waals surface area contributed by atoms with E-state index in [0.717, 1.165) is 11.8 Å². The van der Waals surface area contributed by atoms with Crippen molar-refractivity contribution in [3.8, 4) is 0 Å². The first-order chi connectivity index (χ1) is 9.91. The molecule has 0 aliphatic rings. The number of carbonyl (C=O) groups excluding carboxylic acids is 1. The van der Waals surface area contributed by atoms with Gasteiger partial charge >= 0.3 is 0 Å². The van der Waals surface area contributed by atoms with Crippen molar-refractivity contribution in [1.82, 2.24) is 0 Å². The quantitative estimate of drug-likeness (QED) is 0.901. The Balaban J connectivity index is 2.28. The molecule has 1 amide bonds. The van der Waals surface area contributed by atoms with Crippen LogP contribution in [0.2, 0.25) is 0 Å². The second kappa shape index (κ2) is 6.07. The van der Waals surface area contributed by atoms with E-state index in [0.29, 0.717) is 11.3 Å². The van der Waals surface area contributed by atoms with Crippen LogP contribution < -0.4 is 11.1 Å². The number of sulfone groups is 1. The van der Waals surface area contributed by atoms with Crippen molar-refractivity contribution in [3.63, 3.8) is 0 Å². The van der Waals surface area contributed by atoms with Crippen molar-refractivity contribution >= 4 is 21.4 Å². The average molecular weight is 304 g/mol. The first-order valence-corrected chi connectivity index (χ1v) is 8.20. The summed E-state index contributed by atoms with van der Waals surface area (Å²) in [7, 11) is -3.31. The Morgan fingerprint density at radius 2 is 1.86 bits per heavy atom. The predicted octanol–water partition coefficient (Wildman–Crippen LogP) is 1.80. The number of hydrogen-bond donors (Lipinski definition) is 2. The lowest BCUT2D eigenvalue weighted by Gasteiger charge is -2.09. The first-order valence-electron chi connectivity index (χ1n) is 6.31. The van der Waals surface area contributed by atoms with Gasteiger partial charge < -0.3 is 11.1 Å². The molecule has 0 spiro atoms. The monoisotopic (exact) mass is 304 g/mol. The fraction of sp³-hybridized carbons (Fsp3) is 0.133. The standard InChI is InChI=1S/C15H16N2O3S/c1-21(19,20)13-7-4-6-12(9-13)17-15(18)14-8-3-2-5-11(14)10-16/h2-9H,10,16H2,1H3,(H,17,18). The van der Waals surface area contributed by atoms with Gasteiger partial charge in [0.25, 0.3) is 5.91 Å². The smallest absolute Gasteiger partial charge is 0.255 e.